The van der Waals surface area contributed by atoms with Gasteiger partial charge in [0.1, 0.15) is 5.70 Å². The Morgan fingerprint density at radius 3 is 2.26 bits per heavy atom. The summed E-state index contributed by atoms with van der Waals surface area (Å²) in [4.78, 5) is 30.8. The summed E-state index contributed by atoms with van der Waals surface area (Å²) in [6, 6.07) is 29.5. The minimum atomic E-state index is -4.04. The van der Waals surface area contributed by atoms with E-state index in [-0.39, 0.29) is 21.9 Å². The normalized spacial score (nSPS) is 18.0. The number of aldehydes is 1. The van der Waals surface area contributed by atoms with Gasteiger partial charge in [-0.3, -0.25) is 23.7 Å². The fourth-order valence-electron chi connectivity index (χ4n) is 5.58. The van der Waals surface area contributed by atoms with Gasteiger partial charge in [0, 0.05) is 50.9 Å². The largest absolute Gasteiger partial charge is 0.465 e. The number of sulfonamides is 1. The molecule has 0 N–H and O–H groups in total. The van der Waals surface area contributed by atoms with E-state index < -0.39 is 22.0 Å². The molecule has 8 nitrogen and oxygen atoms in total. The van der Waals surface area contributed by atoms with Crippen molar-refractivity contribution in [1.29, 1.82) is 0 Å². The molecule has 0 bridgehead atoms. The molecule has 1 saturated heterocycles. The van der Waals surface area contributed by atoms with Gasteiger partial charge in [0.15, 0.2) is 12.0 Å². The molecule has 2 aliphatic rings. The third kappa shape index (κ3) is 5.22. The monoisotopic (exact) mass is 581 g/mol. The second kappa shape index (κ2) is 11.5. The Morgan fingerprint density at radius 2 is 1.52 bits per heavy atom. The Bertz CT molecular complexity index is 1780. The zero-order valence-electron chi connectivity index (χ0n) is 23.2. The van der Waals surface area contributed by atoms with Crippen LogP contribution in [-0.2, 0) is 26.1 Å². The highest BCUT2D eigenvalue weighted by atomic mass is 32.2. The van der Waals surface area contributed by atoms with Gasteiger partial charge in [0.25, 0.3) is 10.0 Å². The van der Waals surface area contributed by atoms with Gasteiger partial charge in [-0.1, -0.05) is 78.9 Å². The fourth-order valence-corrected chi connectivity index (χ4v) is 6.97. The highest BCUT2D eigenvalue weighted by Crippen LogP contribution is 2.39. The molecule has 1 atom stereocenters. The summed E-state index contributed by atoms with van der Waals surface area (Å²) in [5, 5.41) is 1.81. The molecule has 4 aromatic rings. The van der Waals surface area contributed by atoms with Crippen LogP contribution in [0.25, 0.3) is 16.5 Å². The molecular formula is C33H31N3O5S. The first-order chi connectivity index (χ1) is 20.4. The van der Waals surface area contributed by atoms with Gasteiger partial charge in [0.05, 0.1) is 4.90 Å². The Balaban J connectivity index is 1.34. The lowest BCUT2D eigenvalue weighted by molar-refractivity contribution is -0.125. The van der Waals surface area contributed by atoms with Crippen molar-refractivity contribution in [1.82, 2.24) is 14.1 Å². The van der Waals surface area contributed by atoms with E-state index in [9.17, 15) is 18.0 Å². The summed E-state index contributed by atoms with van der Waals surface area (Å²) < 4.78 is 34.4. The molecule has 6 rings (SSSR count). The number of Topliss-reactive ketones (excluding diaryl/α,β-unsaturated/α-hetero) is 1. The van der Waals surface area contributed by atoms with E-state index in [0.717, 1.165) is 34.7 Å². The zero-order valence-corrected chi connectivity index (χ0v) is 24.0. The molecule has 2 aliphatic heterocycles. The smallest absolute Gasteiger partial charge is 0.265 e. The summed E-state index contributed by atoms with van der Waals surface area (Å²) in [6.45, 7) is 3.43. The van der Waals surface area contributed by atoms with Gasteiger partial charge in [-0.25, -0.2) is 8.42 Å². The molecular weight excluding hydrogens is 550 g/mol. The predicted octanol–water partition coefficient (Wildman–Crippen LogP) is 4.38. The third-order valence-corrected chi connectivity index (χ3v) is 9.71. The molecule has 0 saturated carbocycles. The molecule has 0 amide bonds. The van der Waals surface area contributed by atoms with Crippen LogP contribution in [-0.4, -0.2) is 74.0 Å². The molecule has 2 heterocycles. The van der Waals surface area contributed by atoms with Crippen LogP contribution in [0, 0.1) is 0 Å². The van der Waals surface area contributed by atoms with Crippen molar-refractivity contribution in [3.05, 3.63) is 119 Å². The summed E-state index contributed by atoms with van der Waals surface area (Å²) in [5.41, 5.74) is 1.68. The maximum atomic E-state index is 14.1. The van der Waals surface area contributed by atoms with Gasteiger partial charge >= 0.3 is 0 Å². The zero-order chi connectivity index (χ0) is 29.3. The number of benzene rings is 4. The average molecular weight is 582 g/mol. The number of hydrogen-bond acceptors (Lipinski definition) is 7. The van der Waals surface area contributed by atoms with E-state index in [1.807, 2.05) is 53.4 Å². The fraction of sp³-hybridized carbons (Fsp3) is 0.212. The lowest BCUT2D eigenvalue weighted by Crippen LogP contribution is -2.51. The first kappa shape index (κ1) is 27.8. The number of allylic oxidation sites excluding steroid dienone is 1. The second-order valence-corrected chi connectivity index (χ2v) is 12.4. The highest BCUT2D eigenvalue weighted by molar-refractivity contribution is 7.89. The standard InChI is InChI=1S/C33H31N3O5S/c1-34-31(32(38)27-16-15-25-11-5-6-12-26(25)21-27)33(28-13-7-8-14-29(28)42(34,39)40)41-30(23-37)36-19-17-35(18-20-36)22-24-9-3-2-4-10-24/h2-16,21,23,30H,17-20,22H2,1H3. The topological polar surface area (TPSA) is 87.2 Å². The van der Waals surface area contributed by atoms with E-state index in [1.54, 1.807) is 30.3 Å². The number of likely N-dealkylation sites (N-methyl/N-ethyl adjacent to an activating group) is 1. The van der Waals surface area contributed by atoms with E-state index in [2.05, 4.69) is 17.0 Å². The van der Waals surface area contributed by atoms with Crippen LogP contribution in [0.5, 0.6) is 0 Å². The van der Waals surface area contributed by atoms with Gasteiger partial charge in [-0.15, -0.1) is 0 Å². The van der Waals surface area contributed by atoms with Crippen molar-refractivity contribution < 1.29 is 22.7 Å². The summed E-state index contributed by atoms with van der Waals surface area (Å²) in [6.07, 6.45) is -0.288. The van der Waals surface area contributed by atoms with Gasteiger partial charge < -0.3 is 4.74 Å². The molecule has 0 radical (unpaired) electrons. The SMILES string of the molecule is CN1C(C(=O)c2ccc3ccccc3c2)=C(OC(C=O)N2CCN(Cc3ccccc3)CC2)c2ccccc2S1(=O)=O. The van der Waals surface area contributed by atoms with Gasteiger partial charge in [-0.05, 0) is 34.5 Å². The van der Waals surface area contributed by atoms with E-state index in [4.69, 9.17) is 4.74 Å². The first-order valence-electron chi connectivity index (χ1n) is 13.9. The third-order valence-electron chi connectivity index (χ3n) is 7.90. The van der Waals surface area contributed by atoms with Crippen LogP contribution in [0.15, 0.2) is 108 Å². The van der Waals surface area contributed by atoms with Crippen molar-refractivity contribution in [2.75, 3.05) is 33.2 Å². The van der Waals surface area contributed by atoms with Crippen LogP contribution in [0.2, 0.25) is 0 Å². The molecule has 42 heavy (non-hydrogen) atoms. The minimum Gasteiger partial charge on any atom is -0.465 e. The summed E-state index contributed by atoms with van der Waals surface area (Å²) >= 11 is 0. The lowest BCUT2D eigenvalue weighted by atomic mass is 10.0. The maximum absolute atomic E-state index is 14.1. The summed E-state index contributed by atoms with van der Waals surface area (Å²) in [5.74, 6) is -0.432. The Kier molecular flexibility index (Phi) is 7.64. The molecule has 0 aromatic heterocycles. The van der Waals surface area contributed by atoms with Crippen molar-refractivity contribution in [2.24, 2.45) is 0 Å². The van der Waals surface area contributed by atoms with Crippen molar-refractivity contribution in [2.45, 2.75) is 17.7 Å². The average Bonchev–Trinajstić information content (AvgIpc) is 3.03. The number of ketones is 1. The number of ether oxygens (including phenoxy) is 1. The Labute approximate surface area is 245 Å². The van der Waals surface area contributed by atoms with E-state index in [0.29, 0.717) is 24.9 Å². The Hall–Kier alpha value is -4.31. The lowest BCUT2D eigenvalue weighted by Gasteiger charge is -2.38. The molecule has 1 unspecified atom stereocenters. The Morgan fingerprint density at radius 1 is 0.857 bits per heavy atom. The van der Waals surface area contributed by atoms with E-state index >= 15 is 0 Å². The molecule has 0 aliphatic carbocycles. The van der Waals surface area contributed by atoms with Crippen LogP contribution in [0.1, 0.15) is 21.5 Å². The number of rotatable bonds is 8. The quantitative estimate of drug-likeness (QED) is 0.225. The van der Waals surface area contributed by atoms with Crippen LogP contribution in [0.3, 0.4) is 0 Å². The number of fused-ring (bicyclic) bond motifs is 2. The highest BCUT2D eigenvalue weighted by Gasteiger charge is 2.40. The van der Waals surface area contributed by atoms with Crippen molar-refractivity contribution in [3.8, 4) is 0 Å². The number of piperazine rings is 1. The van der Waals surface area contributed by atoms with Crippen LogP contribution in [0.4, 0.5) is 0 Å². The predicted molar refractivity (Wildman–Crippen MR) is 161 cm³/mol. The number of carbonyl (C=O) groups excluding carboxylic acids is 2. The minimum absolute atomic E-state index is 0.0230. The van der Waals surface area contributed by atoms with Gasteiger partial charge in [-0.2, -0.15) is 0 Å². The maximum Gasteiger partial charge on any atom is 0.265 e. The van der Waals surface area contributed by atoms with Crippen molar-refractivity contribution >= 4 is 38.6 Å². The van der Waals surface area contributed by atoms with Crippen LogP contribution < -0.4 is 0 Å². The van der Waals surface area contributed by atoms with Crippen molar-refractivity contribution in [3.63, 3.8) is 0 Å². The summed E-state index contributed by atoms with van der Waals surface area (Å²) in [7, 11) is -2.69. The molecule has 214 valence electrons. The molecule has 9 heteroatoms. The second-order valence-electron chi connectivity index (χ2n) is 10.5. The number of nitrogens with zero attached hydrogens (tertiary/aromatic N) is 3. The molecule has 0 spiro atoms. The van der Waals surface area contributed by atoms with E-state index in [1.165, 1.54) is 18.7 Å². The molecule has 4 aromatic carbocycles. The number of carbonyl (C=O) groups is 2. The molecule has 1 fully saturated rings. The van der Waals surface area contributed by atoms with Crippen LogP contribution >= 0.6 is 0 Å². The van der Waals surface area contributed by atoms with Gasteiger partial charge in [0.2, 0.25) is 12.0 Å². The number of hydrogen-bond donors (Lipinski definition) is 0. The first-order valence-corrected chi connectivity index (χ1v) is 15.3.